The highest BCUT2D eigenvalue weighted by atomic mass is 19.1. The van der Waals surface area contributed by atoms with Gasteiger partial charge in [-0.05, 0) is 12.1 Å². The SMILES string of the molecule is COC(COc1ccc(C(N)=O)c(F)c1)OC. The summed E-state index contributed by atoms with van der Waals surface area (Å²) >= 11 is 0. The summed E-state index contributed by atoms with van der Waals surface area (Å²) in [6, 6.07) is 3.80. The lowest BCUT2D eigenvalue weighted by molar-refractivity contribution is -0.122. The van der Waals surface area contributed by atoms with Crippen LogP contribution >= 0.6 is 0 Å². The van der Waals surface area contributed by atoms with Crippen LogP contribution in [0.15, 0.2) is 18.2 Å². The standard InChI is InChI=1S/C11H14FNO4/c1-15-10(16-2)6-17-7-3-4-8(11(13)14)9(12)5-7/h3-5,10H,6H2,1-2H3,(H2,13,14). The van der Waals surface area contributed by atoms with Crippen LogP contribution in [0, 0.1) is 5.82 Å². The lowest BCUT2D eigenvalue weighted by atomic mass is 10.2. The zero-order valence-corrected chi connectivity index (χ0v) is 9.60. The number of nitrogens with two attached hydrogens (primary N) is 1. The van der Waals surface area contributed by atoms with Crippen LogP contribution in [0.3, 0.4) is 0 Å². The second-order valence-corrected chi connectivity index (χ2v) is 3.22. The van der Waals surface area contributed by atoms with Crippen molar-refractivity contribution in [2.75, 3.05) is 20.8 Å². The number of halogens is 1. The predicted molar refractivity (Wildman–Crippen MR) is 58.2 cm³/mol. The third kappa shape index (κ3) is 3.69. The van der Waals surface area contributed by atoms with E-state index in [1.165, 1.54) is 26.4 Å². The Morgan fingerprint density at radius 2 is 2.06 bits per heavy atom. The molecule has 0 spiro atoms. The summed E-state index contributed by atoms with van der Waals surface area (Å²) in [5, 5.41) is 0. The minimum Gasteiger partial charge on any atom is -0.488 e. The van der Waals surface area contributed by atoms with E-state index in [-0.39, 0.29) is 17.9 Å². The molecule has 1 aromatic rings. The third-order valence-corrected chi connectivity index (χ3v) is 2.12. The summed E-state index contributed by atoms with van der Waals surface area (Å²) in [5.41, 5.74) is 4.80. The van der Waals surface area contributed by atoms with Crippen molar-refractivity contribution < 1.29 is 23.4 Å². The van der Waals surface area contributed by atoms with Gasteiger partial charge in [0.15, 0.2) is 6.29 Å². The topological polar surface area (TPSA) is 70.8 Å². The molecule has 0 radical (unpaired) electrons. The van der Waals surface area contributed by atoms with Gasteiger partial charge in [0, 0.05) is 20.3 Å². The van der Waals surface area contributed by atoms with Crippen LogP contribution in [0.1, 0.15) is 10.4 Å². The number of hydrogen-bond acceptors (Lipinski definition) is 4. The summed E-state index contributed by atoms with van der Waals surface area (Å²) in [4.78, 5) is 10.8. The van der Waals surface area contributed by atoms with Gasteiger partial charge in [-0.3, -0.25) is 4.79 Å². The molecule has 0 aromatic heterocycles. The summed E-state index contributed by atoms with van der Waals surface area (Å²) in [6.07, 6.45) is -0.533. The lowest BCUT2D eigenvalue weighted by Crippen LogP contribution is -2.22. The Hall–Kier alpha value is -1.66. The van der Waals surface area contributed by atoms with Gasteiger partial charge < -0.3 is 19.9 Å². The maximum absolute atomic E-state index is 13.3. The van der Waals surface area contributed by atoms with Gasteiger partial charge in [-0.1, -0.05) is 0 Å². The second kappa shape index (κ2) is 6.17. The van der Waals surface area contributed by atoms with Crippen molar-refractivity contribution in [3.8, 4) is 5.75 Å². The number of methoxy groups -OCH3 is 2. The molecule has 0 aliphatic rings. The number of benzene rings is 1. The van der Waals surface area contributed by atoms with Crippen LogP contribution in [-0.4, -0.2) is 33.0 Å². The van der Waals surface area contributed by atoms with E-state index in [0.717, 1.165) is 6.07 Å². The second-order valence-electron chi connectivity index (χ2n) is 3.22. The molecule has 1 aromatic carbocycles. The number of primary amides is 1. The van der Waals surface area contributed by atoms with Crippen molar-refractivity contribution in [1.82, 2.24) is 0 Å². The average molecular weight is 243 g/mol. The van der Waals surface area contributed by atoms with Crippen molar-refractivity contribution in [3.05, 3.63) is 29.6 Å². The van der Waals surface area contributed by atoms with E-state index in [9.17, 15) is 9.18 Å². The Labute approximate surface area is 98.3 Å². The van der Waals surface area contributed by atoms with Crippen LogP contribution in [0.5, 0.6) is 5.75 Å². The smallest absolute Gasteiger partial charge is 0.251 e. The molecular weight excluding hydrogens is 229 g/mol. The summed E-state index contributed by atoms with van der Waals surface area (Å²) < 4.78 is 28.4. The molecule has 0 aliphatic carbocycles. The fourth-order valence-electron chi connectivity index (χ4n) is 1.18. The van der Waals surface area contributed by atoms with Crippen molar-refractivity contribution in [2.45, 2.75) is 6.29 Å². The molecule has 6 heteroatoms. The normalized spacial score (nSPS) is 10.6. The maximum Gasteiger partial charge on any atom is 0.251 e. The maximum atomic E-state index is 13.3. The average Bonchev–Trinajstić information content (AvgIpc) is 2.30. The van der Waals surface area contributed by atoms with Gasteiger partial charge >= 0.3 is 0 Å². The predicted octanol–water partition coefficient (Wildman–Crippen LogP) is 0.922. The number of carbonyl (C=O) groups is 1. The fourth-order valence-corrected chi connectivity index (χ4v) is 1.18. The molecule has 0 fully saturated rings. The molecule has 5 nitrogen and oxygen atoms in total. The summed E-state index contributed by atoms with van der Waals surface area (Å²) in [6.45, 7) is 0.113. The highest BCUT2D eigenvalue weighted by Crippen LogP contribution is 2.16. The van der Waals surface area contributed by atoms with E-state index in [0.29, 0.717) is 0 Å². The van der Waals surface area contributed by atoms with Gasteiger partial charge in [0.2, 0.25) is 0 Å². The van der Waals surface area contributed by atoms with Crippen molar-refractivity contribution in [2.24, 2.45) is 5.73 Å². The molecule has 0 bridgehead atoms. The molecule has 0 atom stereocenters. The zero-order valence-electron chi connectivity index (χ0n) is 9.60. The molecular formula is C11H14FNO4. The minimum absolute atomic E-state index is 0.113. The van der Waals surface area contributed by atoms with E-state index in [2.05, 4.69) is 0 Å². The molecule has 94 valence electrons. The molecule has 2 N–H and O–H groups in total. The molecule has 17 heavy (non-hydrogen) atoms. The molecule has 1 rings (SSSR count). The Morgan fingerprint density at radius 1 is 1.41 bits per heavy atom. The lowest BCUT2D eigenvalue weighted by Gasteiger charge is -2.14. The van der Waals surface area contributed by atoms with Crippen LogP contribution < -0.4 is 10.5 Å². The molecule has 0 unspecified atom stereocenters. The van der Waals surface area contributed by atoms with Crippen LogP contribution in [0.25, 0.3) is 0 Å². The first-order valence-corrected chi connectivity index (χ1v) is 4.86. The highest BCUT2D eigenvalue weighted by molar-refractivity contribution is 5.93. The molecule has 0 saturated carbocycles. The van der Waals surface area contributed by atoms with E-state index in [1.807, 2.05) is 0 Å². The van der Waals surface area contributed by atoms with Crippen molar-refractivity contribution >= 4 is 5.91 Å². The van der Waals surface area contributed by atoms with E-state index < -0.39 is 18.0 Å². The number of amides is 1. The first-order chi connectivity index (χ1) is 8.08. The third-order valence-electron chi connectivity index (χ3n) is 2.12. The Kier molecular flexibility index (Phi) is 4.86. The first kappa shape index (κ1) is 13.4. The molecule has 0 aliphatic heterocycles. The van der Waals surface area contributed by atoms with Gasteiger partial charge in [0.25, 0.3) is 5.91 Å². The highest BCUT2D eigenvalue weighted by Gasteiger charge is 2.10. The molecule has 0 saturated heterocycles. The number of rotatable bonds is 6. The monoisotopic (exact) mass is 243 g/mol. The van der Waals surface area contributed by atoms with E-state index >= 15 is 0 Å². The summed E-state index contributed by atoms with van der Waals surface area (Å²) in [7, 11) is 2.93. The van der Waals surface area contributed by atoms with Gasteiger partial charge in [-0.15, -0.1) is 0 Å². The largest absolute Gasteiger partial charge is 0.488 e. The Balaban J connectivity index is 2.67. The van der Waals surface area contributed by atoms with Gasteiger partial charge in [0.1, 0.15) is 18.2 Å². The van der Waals surface area contributed by atoms with Gasteiger partial charge in [0.05, 0.1) is 5.56 Å². The number of carbonyl (C=O) groups excluding carboxylic acids is 1. The van der Waals surface area contributed by atoms with Crippen LogP contribution in [0.4, 0.5) is 4.39 Å². The van der Waals surface area contributed by atoms with Crippen LogP contribution in [0.2, 0.25) is 0 Å². The number of ether oxygens (including phenoxy) is 3. The Bertz CT molecular complexity index is 393. The fraction of sp³-hybridized carbons (Fsp3) is 0.364. The zero-order chi connectivity index (χ0) is 12.8. The molecule has 1 amide bonds. The quantitative estimate of drug-likeness (QED) is 0.754. The van der Waals surface area contributed by atoms with Gasteiger partial charge in [-0.2, -0.15) is 0 Å². The van der Waals surface area contributed by atoms with E-state index in [4.69, 9.17) is 19.9 Å². The van der Waals surface area contributed by atoms with Crippen molar-refractivity contribution in [1.29, 1.82) is 0 Å². The first-order valence-electron chi connectivity index (χ1n) is 4.86. The Morgan fingerprint density at radius 3 is 2.53 bits per heavy atom. The summed E-state index contributed by atoms with van der Waals surface area (Å²) in [5.74, 6) is -1.27. The van der Waals surface area contributed by atoms with Crippen LogP contribution in [-0.2, 0) is 9.47 Å². The van der Waals surface area contributed by atoms with Gasteiger partial charge in [-0.25, -0.2) is 4.39 Å². The van der Waals surface area contributed by atoms with E-state index in [1.54, 1.807) is 0 Å². The minimum atomic E-state index is -0.819. The molecule has 0 heterocycles. The van der Waals surface area contributed by atoms with Crippen molar-refractivity contribution in [3.63, 3.8) is 0 Å². The number of hydrogen-bond donors (Lipinski definition) is 1.